The van der Waals surface area contributed by atoms with E-state index in [2.05, 4.69) is 10.6 Å². The number of carbonyl (C=O) groups is 3. The van der Waals surface area contributed by atoms with E-state index in [0.29, 0.717) is 28.3 Å². The quantitative estimate of drug-likeness (QED) is 0.229. The summed E-state index contributed by atoms with van der Waals surface area (Å²) in [5.41, 5.74) is 1.07. The second-order valence-corrected chi connectivity index (χ2v) is 7.52. The van der Waals surface area contributed by atoms with E-state index in [1.165, 1.54) is 31.2 Å². The first-order valence-electron chi connectivity index (χ1n) is 10.4. The predicted molar refractivity (Wildman–Crippen MR) is 126 cm³/mol. The van der Waals surface area contributed by atoms with Crippen molar-refractivity contribution >= 4 is 35.0 Å². The smallest absolute Gasteiger partial charge is 0.272 e. The lowest BCUT2D eigenvalue weighted by Gasteiger charge is -2.12. The van der Waals surface area contributed by atoms with Gasteiger partial charge < -0.3 is 20.1 Å². The van der Waals surface area contributed by atoms with Gasteiger partial charge in [0.15, 0.2) is 17.3 Å². The van der Waals surface area contributed by atoms with Gasteiger partial charge in [-0.05, 0) is 61.0 Å². The zero-order valence-corrected chi connectivity index (χ0v) is 18.4. The van der Waals surface area contributed by atoms with Crippen LogP contribution < -0.4 is 20.1 Å². The highest BCUT2D eigenvalue weighted by atomic mass is 16.7. The number of Topliss-reactive ketones (excluding diaryl/α,β-unsaturated/α-hetero) is 1. The molecule has 0 aromatic heterocycles. The summed E-state index contributed by atoms with van der Waals surface area (Å²) in [5, 5.41) is 16.3. The second kappa shape index (κ2) is 9.87. The van der Waals surface area contributed by atoms with Crippen LogP contribution in [0.1, 0.15) is 33.2 Å². The molecule has 0 fully saturated rings. The van der Waals surface area contributed by atoms with E-state index in [4.69, 9.17) is 9.47 Å². The van der Waals surface area contributed by atoms with Gasteiger partial charge in [-0.2, -0.15) is 0 Å². The number of ketones is 1. The van der Waals surface area contributed by atoms with E-state index in [-0.39, 0.29) is 29.5 Å². The highest BCUT2D eigenvalue weighted by molar-refractivity contribution is 6.11. The van der Waals surface area contributed by atoms with E-state index >= 15 is 0 Å². The molecule has 176 valence electrons. The molecule has 2 amide bonds. The molecule has 3 aromatic carbocycles. The fourth-order valence-corrected chi connectivity index (χ4v) is 3.27. The number of anilines is 1. The molecule has 1 aliphatic heterocycles. The molecular formula is C25H19N3O7. The minimum absolute atomic E-state index is 0.00870. The number of nitro groups is 1. The number of rotatable bonds is 7. The van der Waals surface area contributed by atoms with Crippen LogP contribution in [0.4, 0.5) is 11.4 Å². The summed E-state index contributed by atoms with van der Waals surface area (Å²) >= 11 is 0. The maximum atomic E-state index is 13.1. The van der Waals surface area contributed by atoms with Gasteiger partial charge in [-0.3, -0.25) is 24.5 Å². The second-order valence-electron chi connectivity index (χ2n) is 7.52. The lowest BCUT2D eigenvalue weighted by Crippen LogP contribution is -2.30. The van der Waals surface area contributed by atoms with Gasteiger partial charge in [-0.15, -0.1) is 0 Å². The number of benzene rings is 3. The summed E-state index contributed by atoms with van der Waals surface area (Å²) < 4.78 is 10.7. The summed E-state index contributed by atoms with van der Waals surface area (Å²) in [5.74, 6) is -0.419. The van der Waals surface area contributed by atoms with Crippen molar-refractivity contribution in [3.63, 3.8) is 0 Å². The van der Waals surface area contributed by atoms with Crippen LogP contribution in [0.15, 0.2) is 72.4 Å². The third kappa shape index (κ3) is 5.50. The van der Waals surface area contributed by atoms with Gasteiger partial charge in [0.2, 0.25) is 6.79 Å². The van der Waals surface area contributed by atoms with E-state index in [9.17, 15) is 24.5 Å². The molecule has 1 aliphatic rings. The maximum absolute atomic E-state index is 13.1. The number of nitrogens with one attached hydrogen (secondary N) is 2. The van der Waals surface area contributed by atoms with Crippen LogP contribution in [-0.4, -0.2) is 29.3 Å². The first-order chi connectivity index (χ1) is 16.8. The largest absolute Gasteiger partial charge is 0.454 e. The van der Waals surface area contributed by atoms with Crippen molar-refractivity contribution < 1.29 is 28.8 Å². The highest BCUT2D eigenvalue weighted by Gasteiger charge is 2.19. The zero-order valence-electron chi connectivity index (χ0n) is 18.4. The van der Waals surface area contributed by atoms with Crippen LogP contribution in [0.2, 0.25) is 0 Å². The minimum atomic E-state index is -0.706. The third-order valence-corrected chi connectivity index (χ3v) is 5.07. The van der Waals surface area contributed by atoms with Crippen molar-refractivity contribution in [3.05, 3.63) is 99.2 Å². The standard InChI is InChI=1S/C25H19N3O7/c1-15(29)17-6-8-19(9-7-17)26-25(31)21(11-16-5-10-22-23(12-16)35-14-34-22)27-24(30)18-3-2-4-20(13-18)28(32)33/h2-13H,14H2,1H3,(H,26,31)(H,27,30)/b21-11-. The molecule has 0 spiro atoms. The summed E-state index contributed by atoms with van der Waals surface area (Å²) in [4.78, 5) is 47.9. The average Bonchev–Trinajstić information content (AvgIpc) is 3.32. The molecule has 35 heavy (non-hydrogen) atoms. The Hall–Kier alpha value is -4.99. The lowest BCUT2D eigenvalue weighted by molar-refractivity contribution is -0.384. The van der Waals surface area contributed by atoms with Gasteiger partial charge in [-0.1, -0.05) is 12.1 Å². The third-order valence-electron chi connectivity index (χ3n) is 5.07. The fourth-order valence-electron chi connectivity index (χ4n) is 3.27. The Morgan fingerprint density at radius 2 is 1.69 bits per heavy atom. The summed E-state index contributed by atoms with van der Waals surface area (Å²) in [6, 6.07) is 16.4. The van der Waals surface area contributed by atoms with Crippen molar-refractivity contribution in [1.29, 1.82) is 0 Å². The molecule has 0 bridgehead atoms. The zero-order chi connectivity index (χ0) is 24.9. The Bertz CT molecular complexity index is 1360. The van der Waals surface area contributed by atoms with Gasteiger partial charge in [0.1, 0.15) is 5.70 Å². The molecule has 0 atom stereocenters. The normalized spacial score (nSPS) is 12.1. The SMILES string of the molecule is CC(=O)c1ccc(NC(=O)/C(=C/c2ccc3c(c2)OCO3)NC(=O)c2cccc([N+](=O)[O-])c2)cc1. The first-order valence-corrected chi connectivity index (χ1v) is 10.4. The van der Waals surface area contributed by atoms with Gasteiger partial charge in [0.25, 0.3) is 17.5 Å². The molecule has 0 saturated carbocycles. The summed E-state index contributed by atoms with van der Waals surface area (Å²) in [6.07, 6.45) is 1.44. The monoisotopic (exact) mass is 473 g/mol. The van der Waals surface area contributed by atoms with E-state index in [1.54, 1.807) is 42.5 Å². The Kier molecular flexibility index (Phi) is 6.54. The number of hydrogen-bond acceptors (Lipinski definition) is 7. The van der Waals surface area contributed by atoms with Crippen molar-refractivity contribution in [2.45, 2.75) is 6.92 Å². The van der Waals surface area contributed by atoms with Crippen molar-refractivity contribution in [1.82, 2.24) is 5.32 Å². The lowest BCUT2D eigenvalue weighted by atomic mass is 10.1. The van der Waals surface area contributed by atoms with Crippen molar-refractivity contribution in [2.24, 2.45) is 0 Å². The number of fused-ring (bicyclic) bond motifs is 1. The number of nitrogens with zero attached hydrogens (tertiary/aromatic N) is 1. The molecular weight excluding hydrogens is 454 g/mol. The number of non-ortho nitro benzene ring substituents is 1. The van der Waals surface area contributed by atoms with Crippen LogP contribution in [0.3, 0.4) is 0 Å². The van der Waals surface area contributed by atoms with E-state index < -0.39 is 16.7 Å². The number of amides is 2. The van der Waals surface area contributed by atoms with Gasteiger partial charge in [0.05, 0.1) is 4.92 Å². The topological polar surface area (TPSA) is 137 Å². The Labute approximate surface area is 199 Å². The van der Waals surface area contributed by atoms with Crippen molar-refractivity contribution in [3.8, 4) is 11.5 Å². The first kappa shape index (κ1) is 23.2. The van der Waals surface area contributed by atoms with Gasteiger partial charge in [-0.25, -0.2) is 0 Å². The van der Waals surface area contributed by atoms with E-state index in [0.717, 1.165) is 6.07 Å². The molecule has 10 nitrogen and oxygen atoms in total. The Morgan fingerprint density at radius 3 is 2.40 bits per heavy atom. The van der Waals surface area contributed by atoms with Gasteiger partial charge >= 0.3 is 0 Å². The fraction of sp³-hybridized carbons (Fsp3) is 0.0800. The van der Waals surface area contributed by atoms with Gasteiger partial charge in [0, 0.05) is 28.9 Å². The number of ether oxygens (including phenoxy) is 2. The maximum Gasteiger partial charge on any atom is 0.272 e. The highest BCUT2D eigenvalue weighted by Crippen LogP contribution is 2.33. The average molecular weight is 473 g/mol. The number of hydrogen-bond donors (Lipinski definition) is 2. The minimum Gasteiger partial charge on any atom is -0.454 e. The van der Waals surface area contributed by atoms with Crippen molar-refractivity contribution in [2.75, 3.05) is 12.1 Å². The summed E-state index contributed by atoms with van der Waals surface area (Å²) in [6.45, 7) is 1.51. The molecule has 10 heteroatoms. The molecule has 3 aromatic rings. The van der Waals surface area contributed by atoms with Crippen LogP contribution in [0.5, 0.6) is 11.5 Å². The van der Waals surface area contributed by atoms with E-state index in [1.807, 2.05) is 0 Å². The molecule has 4 rings (SSSR count). The summed E-state index contributed by atoms with van der Waals surface area (Å²) in [7, 11) is 0. The molecule has 0 radical (unpaired) electrons. The number of carbonyl (C=O) groups excluding carboxylic acids is 3. The molecule has 0 saturated heterocycles. The Balaban J connectivity index is 1.62. The molecule has 2 N–H and O–H groups in total. The number of nitro benzene ring substituents is 1. The van der Waals surface area contributed by atoms with Crippen LogP contribution in [0, 0.1) is 10.1 Å². The molecule has 1 heterocycles. The van der Waals surface area contributed by atoms with Crippen LogP contribution >= 0.6 is 0 Å². The Morgan fingerprint density at radius 1 is 0.943 bits per heavy atom. The van der Waals surface area contributed by atoms with Crippen LogP contribution in [0.25, 0.3) is 6.08 Å². The molecule has 0 aliphatic carbocycles. The predicted octanol–water partition coefficient (Wildman–Crippen LogP) is 3.94. The van der Waals surface area contributed by atoms with Crippen LogP contribution in [-0.2, 0) is 4.79 Å². The molecule has 0 unspecified atom stereocenters.